The molecule has 0 heterocycles. The summed E-state index contributed by atoms with van der Waals surface area (Å²) in [5.41, 5.74) is 1.83. The fourth-order valence-corrected chi connectivity index (χ4v) is 2.59. The monoisotopic (exact) mass is 367 g/mol. The number of carbonyl (C=O) groups is 2. The summed E-state index contributed by atoms with van der Waals surface area (Å²) in [5.74, 6) is -1.78. The molecule has 0 aliphatic rings. The number of para-hydroxylation sites is 2. The Morgan fingerprint density at radius 1 is 0.679 bits per heavy atom. The van der Waals surface area contributed by atoms with E-state index in [0.717, 1.165) is 0 Å². The van der Waals surface area contributed by atoms with E-state index in [0.29, 0.717) is 16.9 Å². The van der Waals surface area contributed by atoms with Crippen LogP contribution in [-0.2, 0) is 9.59 Å². The molecule has 0 fully saturated rings. The van der Waals surface area contributed by atoms with Crippen LogP contribution in [0, 0.1) is 11.3 Å². The molecule has 28 heavy (non-hydrogen) atoms. The first kappa shape index (κ1) is 18.6. The van der Waals surface area contributed by atoms with Crippen molar-refractivity contribution in [3.05, 3.63) is 102 Å². The second-order valence-corrected chi connectivity index (χ2v) is 5.87. The van der Waals surface area contributed by atoms with Gasteiger partial charge in [-0.05, 0) is 29.8 Å². The maximum atomic E-state index is 12.8. The van der Waals surface area contributed by atoms with Gasteiger partial charge in [-0.2, -0.15) is 5.26 Å². The number of hydrogen-bond acceptors (Lipinski definition) is 4. The molecule has 0 spiro atoms. The van der Waals surface area contributed by atoms with Crippen LogP contribution in [0.4, 0.5) is 11.4 Å². The highest BCUT2D eigenvalue weighted by Crippen LogP contribution is 2.22. The van der Waals surface area contributed by atoms with Gasteiger partial charge in [-0.15, -0.1) is 0 Å². The molecule has 3 aromatic rings. The second kappa shape index (κ2) is 8.97. The van der Waals surface area contributed by atoms with Crippen molar-refractivity contribution >= 4 is 28.8 Å². The molecule has 5 nitrogen and oxygen atoms in total. The Labute approximate surface area is 162 Å². The fourth-order valence-electron chi connectivity index (χ4n) is 2.59. The molecule has 1 amide bonds. The first-order chi connectivity index (χ1) is 13.7. The Morgan fingerprint density at radius 2 is 1.14 bits per heavy atom. The van der Waals surface area contributed by atoms with Crippen LogP contribution in [0.5, 0.6) is 0 Å². The van der Waals surface area contributed by atoms with Crippen LogP contribution in [0.2, 0.25) is 0 Å². The molecule has 0 aliphatic carbocycles. The molecular formula is C23H17N3O2. The van der Waals surface area contributed by atoms with Crippen molar-refractivity contribution in [3.8, 4) is 6.07 Å². The van der Waals surface area contributed by atoms with E-state index in [-0.39, 0.29) is 11.3 Å². The lowest BCUT2D eigenvalue weighted by Crippen LogP contribution is -2.25. The highest BCUT2D eigenvalue weighted by Gasteiger charge is 2.24. The lowest BCUT2D eigenvalue weighted by Gasteiger charge is -2.14. The van der Waals surface area contributed by atoms with Gasteiger partial charge in [0.25, 0.3) is 11.7 Å². The van der Waals surface area contributed by atoms with E-state index in [1.165, 1.54) is 0 Å². The highest BCUT2D eigenvalue weighted by atomic mass is 16.2. The SMILES string of the molecule is N#CC(C(=O)C(=O)Nc1ccccc1)=C(Nc1ccccc1)c1ccccc1. The van der Waals surface area contributed by atoms with Gasteiger partial charge in [0.1, 0.15) is 11.6 Å². The van der Waals surface area contributed by atoms with Crippen molar-refractivity contribution in [2.75, 3.05) is 10.6 Å². The van der Waals surface area contributed by atoms with Gasteiger partial charge < -0.3 is 10.6 Å². The third-order valence-electron chi connectivity index (χ3n) is 3.93. The third-order valence-corrected chi connectivity index (χ3v) is 3.93. The average molecular weight is 367 g/mol. The summed E-state index contributed by atoms with van der Waals surface area (Å²) in [5, 5.41) is 15.3. The fraction of sp³-hybridized carbons (Fsp3) is 0. The largest absolute Gasteiger partial charge is 0.354 e. The summed E-state index contributed by atoms with van der Waals surface area (Å²) in [6.07, 6.45) is 0. The van der Waals surface area contributed by atoms with Crippen molar-refractivity contribution in [1.82, 2.24) is 0 Å². The van der Waals surface area contributed by atoms with Crippen LogP contribution in [-0.4, -0.2) is 11.7 Å². The molecule has 2 N–H and O–H groups in total. The van der Waals surface area contributed by atoms with Gasteiger partial charge >= 0.3 is 0 Å². The van der Waals surface area contributed by atoms with E-state index < -0.39 is 11.7 Å². The molecule has 0 saturated heterocycles. The standard InChI is InChI=1S/C23H17N3O2/c24-16-20(22(27)23(28)26-19-14-8-3-9-15-19)21(17-10-4-1-5-11-17)25-18-12-6-2-7-13-18/h1-15,25H,(H,26,28). The molecule has 5 heteroatoms. The number of Topliss-reactive ketones (excluding diaryl/α,β-unsaturated/α-hetero) is 1. The van der Waals surface area contributed by atoms with Gasteiger partial charge in [-0.1, -0.05) is 66.7 Å². The first-order valence-electron chi connectivity index (χ1n) is 8.61. The van der Waals surface area contributed by atoms with Crippen LogP contribution in [0.1, 0.15) is 5.56 Å². The number of hydrogen-bond donors (Lipinski definition) is 2. The summed E-state index contributed by atoms with van der Waals surface area (Å²) in [7, 11) is 0. The highest BCUT2D eigenvalue weighted by molar-refractivity contribution is 6.48. The Morgan fingerprint density at radius 3 is 1.64 bits per heavy atom. The van der Waals surface area contributed by atoms with Crippen molar-refractivity contribution in [2.24, 2.45) is 0 Å². The first-order valence-corrected chi connectivity index (χ1v) is 8.61. The van der Waals surface area contributed by atoms with Crippen LogP contribution < -0.4 is 10.6 Å². The van der Waals surface area contributed by atoms with Gasteiger partial charge in [-0.25, -0.2) is 0 Å². The minimum Gasteiger partial charge on any atom is -0.354 e. The smallest absolute Gasteiger partial charge is 0.297 e. The van der Waals surface area contributed by atoms with Crippen LogP contribution in [0.25, 0.3) is 5.70 Å². The predicted octanol–water partition coefficient (Wildman–Crippen LogP) is 4.24. The summed E-state index contributed by atoms with van der Waals surface area (Å²) >= 11 is 0. The Hall–Kier alpha value is -4.17. The predicted molar refractivity (Wildman–Crippen MR) is 109 cm³/mol. The maximum absolute atomic E-state index is 12.8. The topological polar surface area (TPSA) is 82.0 Å². The van der Waals surface area contributed by atoms with Crippen molar-refractivity contribution in [3.63, 3.8) is 0 Å². The molecule has 3 rings (SSSR count). The maximum Gasteiger partial charge on any atom is 0.297 e. The molecule has 0 atom stereocenters. The summed E-state index contributed by atoms with van der Waals surface area (Å²) in [6, 6.07) is 28.6. The lowest BCUT2D eigenvalue weighted by molar-refractivity contribution is -0.132. The number of anilines is 2. The number of carbonyl (C=O) groups excluding carboxylic acids is 2. The molecule has 0 radical (unpaired) electrons. The molecule has 0 aliphatic heterocycles. The van der Waals surface area contributed by atoms with Gasteiger partial charge in [0, 0.05) is 11.4 Å². The van der Waals surface area contributed by atoms with Crippen LogP contribution in [0.15, 0.2) is 96.6 Å². The minimum absolute atomic E-state index is 0.261. The van der Waals surface area contributed by atoms with E-state index in [1.807, 2.05) is 42.5 Å². The van der Waals surface area contributed by atoms with Gasteiger partial charge in [-0.3, -0.25) is 9.59 Å². The number of nitrogens with zero attached hydrogens (tertiary/aromatic N) is 1. The molecule has 136 valence electrons. The van der Waals surface area contributed by atoms with Crippen LogP contribution in [0.3, 0.4) is 0 Å². The van der Waals surface area contributed by atoms with Crippen molar-refractivity contribution in [2.45, 2.75) is 0 Å². The lowest BCUT2D eigenvalue weighted by atomic mass is 10.0. The second-order valence-electron chi connectivity index (χ2n) is 5.87. The molecule has 0 aromatic heterocycles. The number of amides is 1. The Balaban J connectivity index is 1.99. The average Bonchev–Trinajstić information content (AvgIpc) is 2.75. The van der Waals surface area contributed by atoms with E-state index in [1.54, 1.807) is 54.6 Å². The Bertz CT molecular complexity index is 1040. The van der Waals surface area contributed by atoms with Crippen LogP contribution >= 0.6 is 0 Å². The molecular weight excluding hydrogens is 350 g/mol. The molecule has 0 saturated carbocycles. The minimum atomic E-state index is -0.909. The zero-order chi connectivity index (χ0) is 19.8. The third kappa shape index (κ3) is 4.51. The summed E-state index contributed by atoms with van der Waals surface area (Å²) in [6.45, 7) is 0. The summed E-state index contributed by atoms with van der Waals surface area (Å²) < 4.78 is 0. The quantitative estimate of drug-likeness (QED) is 0.388. The zero-order valence-electron chi connectivity index (χ0n) is 14.9. The zero-order valence-corrected chi connectivity index (χ0v) is 14.9. The van der Waals surface area contributed by atoms with Gasteiger partial charge in [0.05, 0.1) is 5.70 Å². The van der Waals surface area contributed by atoms with E-state index >= 15 is 0 Å². The Kier molecular flexibility index (Phi) is 5.96. The molecule has 0 bridgehead atoms. The number of rotatable bonds is 6. The van der Waals surface area contributed by atoms with Gasteiger partial charge in [0.2, 0.25) is 0 Å². The number of benzene rings is 3. The van der Waals surface area contributed by atoms with E-state index in [4.69, 9.17) is 0 Å². The van der Waals surface area contributed by atoms with Crippen molar-refractivity contribution < 1.29 is 9.59 Å². The van der Waals surface area contributed by atoms with Crippen molar-refractivity contribution in [1.29, 1.82) is 5.26 Å². The van der Waals surface area contributed by atoms with E-state index in [9.17, 15) is 14.9 Å². The molecule has 3 aromatic carbocycles. The number of nitrogens with one attached hydrogen (secondary N) is 2. The molecule has 0 unspecified atom stereocenters. The summed E-state index contributed by atoms with van der Waals surface area (Å²) in [4.78, 5) is 25.2. The van der Waals surface area contributed by atoms with Gasteiger partial charge in [0.15, 0.2) is 0 Å². The number of ketones is 1. The normalized spacial score (nSPS) is 11.0. The number of nitriles is 1. The van der Waals surface area contributed by atoms with E-state index in [2.05, 4.69) is 10.6 Å².